The molecule has 10 heteroatoms. The molecule has 2 amide bonds. The molecule has 2 bridgehead atoms. The Morgan fingerprint density at radius 3 is 2.19 bits per heavy atom. The average molecular weight is 454 g/mol. The van der Waals surface area contributed by atoms with Crippen molar-refractivity contribution in [1.29, 1.82) is 0 Å². The maximum Gasteiger partial charge on any atom is 0.352 e. The van der Waals surface area contributed by atoms with Crippen LogP contribution in [0.25, 0.3) is 0 Å². The molecule has 32 heavy (non-hydrogen) atoms. The monoisotopic (exact) mass is 454 g/mol. The number of carbonyl (C=O) groups is 2. The van der Waals surface area contributed by atoms with E-state index in [4.69, 9.17) is 0 Å². The summed E-state index contributed by atoms with van der Waals surface area (Å²) < 4.78 is 70.9. The molecule has 0 spiro atoms. The van der Waals surface area contributed by atoms with Crippen molar-refractivity contribution in [2.75, 3.05) is 5.32 Å². The lowest BCUT2D eigenvalue weighted by molar-refractivity contribution is -0.166. The Hall–Kier alpha value is -3.01. The molecule has 2 aromatic rings. The number of carbonyl (C=O) groups excluding carboxylic acids is 2. The molecule has 2 aliphatic heterocycles. The van der Waals surface area contributed by atoms with Gasteiger partial charge in [0.05, 0.1) is 11.7 Å². The maximum absolute atomic E-state index is 15.1. The van der Waals surface area contributed by atoms with Crippen LogP contribution in [0.1, 0.15) is 41.6 Å². The molecule has 0 radical (unpaired) electrons. The van der Waals surface area contributed by atoms with E-state index in [-0.39, 0.29) is 18.5 Å². The third-order valence-corrected chi connectivity index (χ3v) is 5.96. The van der Waals surface area contributed by atoms with Crippen LogP contribution in [0, 0.1) is 17.5 Å². The van der Waals surface area contributed by atoms with Crippen LogP contribution < -0.4 is 5.32 Å². The lowest BCUT2D eigenvalue weighted by Crippen LogP contribution is -2.53. The largest absolute Gasteiger partial charge is 0.393 e. The molecule has 2 saturated heterocycles. The number of piperidine rings is 1. The van der Waals surface area contributed by atoms with Gasteiger partial charge in [-0.2, -0.15) is 8.78 Å². The standard InChI is InChI=1S/C22H19F5N2O3/c23-17-5-1-11(20(31)28-12-2-6-18(24)19(25)8-12)7-16(17)22(26,27)21(32)29-13-3-4-14(29)10-15(30)9-13/h1-2,5-8,13-15,30H,3-4,9-10H2,(H,28,31)/t13-,14+,15-. The second-order valence-electron chi connectivity index (χ2n) is 8.07. The molecular weight excluding hydrogens is 435 g/mol. The zero-order valence-electron chi connectivity index (χ0n) is 16.6. The van der Waals surface area contributed by atoms with Gasteiger partial charge in [-0.3, -0.25) is 9.59 Å². The second kappa shape index (κ2) is 8.16. The van der Waals surface area contributed by atoms with Crippen molar-refractivity contribution < 1.29 is 36.6 Å². The number of nitrogens with one attached hydrogen (secondary N) is 1. The van der Waals surface area contributed by atoms with Crippen molar-refractivity contribution in [3.8, 4) is 0 Å². The molecular formula is C22H19F5N2O3. The number of halogens is 5. The van der Waals surface area contributed by atoms with Gasteiger partial charge in [-0.1, -0.05) is 0 Å². The van der Waals surface area contributed by atoms with Crippen molar-refractivity contribution in [2.24, 2.45) is 0 Å². The first-order valence-corrected chi connectivity index (χ1v) is 10.0. The molecule has 0 aliphatic carbocycles. The van der Waals surface area contributed by atoms with Crippen LogP contribution in [-0.2, 0) is 10.7 Å². The Balaban J connectivity index is 1.59. The fraction of sp³-hybridized carbons (Fsp3) is 0.364. The van der Waals surface area contributed by atoms with Crippen molar-refractivity contribution in [2.45, 2.75) is 49.8 Å². The number of rotatable bonds is 4. The maximum atomic E-state index is 15.1. The average Bonchev–Trinajstić information content (AvgIpc) is 3.00. The van der Waals surface area contributed by atoms with Gasteiger partial charge in [-0.05, 0) is 56.0 Å². The van der Waals surface area contributed by atoms with E-state index in [2.05, 4.69) is 5.32 Å². The molecule has 5 nitrogen and oxygen atoms in total. The van der Waals surface area contributed by atoms with Crippen LogP contribution in [-0.4, -0.2) is 40.0 Å². The van der Waals surface area contributed by atoms with Crippen LogP contribution in [0.15, 0.2) is 36.4 Å². The Labute approximate surface area is 179 Å². The van der Waals surface area contributed by atoms with Gasteiger partial charge in [0, 0.05) is 29.4 Å². The van der Waals surface area contributed by atoms with Gasteiger partial charge in [-0.25, -0.2) is 13.2 Å². The third kappa shape index (κ3) is 3.94. The van der Waals surface area contributed by atoms with Crippen LogP contribution in [0.3, 0.4) is 0 Å². The zero-order valence-corrected chi connectivity index (χ0v) is 16.6. The molecule has 2 N–H and O–H groups in total. The van der Waals surface area contributed by atoms with Crippen molar-refractivity contribution in [3.63, 3.8) is 0 Å². The summed E-state index contributed by atoms with van der Waals surface area (Å²) in [6.07, 6.45) is 0.630. The summed E-state index contributed by atoms with van der Waals surface area (Å²) in [7, 11) is 0. The quantitative estimate of drug-likeness (QED) is 0.688. The second-order valence-corrected chi connectivity index (χ2v) is 8.07. The van der Waals surface area contributed by atoms with Crippen molar-refractivity contribution >= 4 is 17.5 Å². The number of fused-ring (bicyclic) bond motifs is 2. The molecule has 0 saturated carbocycles. The lowest BCUT2D eigenvalue weighted by atomic mass is 9.96. The highest BCUT2D eigenvalue weighted by atomic mass is 19.3. The number of nitrogens with zero attached hydrogens (tertiary/aromatic N) is 1. The van der Waals surface area contributed by atoms with Gasteiger partial charge < -0.3 is 15.3 Å². The summed E-state index contributed by atoms with van der Waals surface area (Å²) >= 11 is 0. The van der Waals surface area contributed by atoms with E-state index in [0.717, 1.165) is 23.1 Å². The first-order chi connectivity index (χ1) is 15.1. The van der Waals surface area contributed by atoms with Gasteiger partial charge >= 0.3 is 5.92 Å². The van der Waals surface area contributed by atoms with Crippen LogP contribution in [0.5, 0.6) is 0 Å². The van der Waals surface area contributed by atoms with Crippen molar-refractivity contribution in [3.05, 3.63) is 65.0 Å². The molecule has 0 aromatic heterocycles. The molecule has 2 heterocycles. The number of hydrogen-bond donors (Lipinski definition) is 2. The topological polar surface area (TPSA) is 69.6 Å². The minimum absolute atomic E-state index is 0.133. The summed E-state index contributed by atoms with van der Waals surface area (Å²) in [5.41, 5.74) is -1.78. The highest BCUT2D eigenvalue weighted by molar-refractivity contribution is 6.04. The summed E-state index contributed by atoms with van der Waals surface area (Å²) in [5, 5.41) is 12.0. The molecule has 3 atom stereocenters. The number of benzene rings is 2. The summed E-state index contributed by atoms with van der Waals surface area (Å²) in [4.78, 5) is 26.2. The number of amides is 2. The van der Waals surface area contributed by atoms with Gasteiger partial charge in [0.2, 0.25) is 0 Å². The lowest BCUT2D eigenvalue weighted by Gasteiger charge is -2.39. The number of anilines is 1. The Bertz CT molecular complexity index is 1060. The Morgan fingerprint density at radius 2 is 1.56 bits per heavy atom. The summed E-state index contributed by atoms with van der Waals surface area (Å²) in [6.45, 7) is 0. The fourth-order valence-corrected chi connectivity index (χ4v) is 4.44. The highest BCUT2D eigenvalue weighted by Gasteiger charge is 2.53. The highest BCUT2D eigenvalue weighted by Crippen LogP contribution is 2.41. The SMILES string of the molecule is O=C(Nc1ccc(F)c(F)c1)c1ccc(F)c(C(F)(F)C(=O)N2[C@@H]3CC[C@H]2C[C@H](O)C3)c1. The van der Waals surface area contributed by atoms with Gasteiger partial charge in [-0.15, -0.1) is 0 Å². The molecule has 170 valence electrons. The van der Waals surface area contributed by atoms with Crippen molar-refractivity contribution in [1.82, 2.24) is 4.90 Å². The fourth-order valence-electron chi connectivity index (χ4n) is 4.44. The molecule has 2 aromatic carbocycles. The number of hydrogen-bond acceptors (Lipinski definition) is 3. The first kappa shape index (κ1) is 22.2. The third-order valence-electron chi connectivity index (χ3n) is 5.96. The minimum atomic E-state index is -4.24. The summed E-state index contributed by atoms with van der Waals surface area (Å²) in [6, 6.07) is 3.60. The van der Waals surface area contributed by atoms with E-state index in [1.54, 1.807) is 0 Å². The Morgan fingerprint density at radius 1 is 0.938 bits per heavy atom. The number of alkyl halides is 2. The number of aliphatic hydroxyl groups excluding tert-OH is 1. The zero-order chi connectivity index (χ0) is 23.2. The molecule has 4 rings (SSSR count). The Kier molecular flexibility index (Phi) is 5.66. The van der Waals surface area contributed by atoms with Gasteiger partial charge in [0.25, 0.3) is 11.8 Å². The van der Waals surface area contributed by atoms with E-state index in [9.17, 15) is 27.9 Å². The predicted molar refractivity (Wildman–Crippen MR) is 104 cm³/mol. The first-order valence-electron chi connectivity index (χ1n) is 10.0. The molecule has 2 aliphatic rings. The number of aliphatic hydroxyl groups is 1. The molecule has 2 fully saturated rings. The van der Waals surface area contributed by atoms with E-state index in [1.807, 2.05) is 0 Å². The van der Waals surface area contributed by atoms with E-state index < -0.39 is 64.5 Å². The van der Waals surface area contributed by atoms with Crippen LogP contribution in [0.4, 0.5) is 27.6 Å². The normalized spacial score (nSPS) is 22.7. The summed E-state index contributed by atoms with van der Waals surface area (Å²) in [5.74, 6) is -10.5. The van der Waals surface area contributed by atoms with Gasteiger partial charge in [0.15, 0.2) is 11.6 Å². The van der Waals surface area contributed by atoms with Gasteiger partial charge in [0.1, 0.15) is 5.82 Å². The van der Waals surface area contributed by atoms with E-state index >= 15 is 8.78 Å². The molecule has 0 unspecified atom stereocenters. The smallest absolute Gasteiger partial charge is 0.352 e. The minimum Gasteiger partial charge on any atom is -0.393 e. The van der Waals surface area contributed by atoms with E-state index in [0.29, 0.717) is 31.0 Å². The van der Waals surface area contributed by atoms with E-state index in [1.165, 1.54) is 0 Å². The van der Waals surface area contributed by atoms with Crippen LogP contribution >= 0.6 is 0 Å². The van der Waals surface area contributed by atoms with Crippen LogP contribution in [0.2, 0.25) is 0 Å². The predicted octanol–water partition coefficient (Wildman–Crippen LogP) is 3.96.